The van der Waals surface area contributed by atoms with Crippen LogP contribution in [-0.4, -0.2) is 65.2 Å². The molecule has 0 bridgehead atoms. The van der Waals surface area contributed by atoms with Crippen molar-refractivity contribution in [3.05, 3.63) is 36.0 Å². The van der Waals surface area contributed by atoms with E-state index in [0.29, 0.717) is 47.6 Å². The monoisotopic (exact) mass is 413 g/mol. The van der Waals surface area contributed by atoms with Crippen molar-refractivity contribution in [2.45, 2.75) is 18.6 Å². The number of alkyl halides is 1. The molecule has 0 saturated carbocycles. The van der Waals surface area contributed by atoms with Crippen molar-refractivity contribution in [3.8, 4) is 6.07 Å². The molecule has 2 aromatic rings. The minimum Gasteiger partial charge on any atom is -0.368 e. The highest BCUT2D eigenvalue weighted by atomic mass is 32.2. The van der Waals surface area contributed by atoms with Gasteiger partial charge < -0.3 is 15.1 Å². The van der Waals surface area contributed by atoms with Gasteiger partial charge in [0.25, 0.3) is 5.91 Å². The Morgan fingerprint density at radius 1 is 1.38 bits per heavy atom. The molecule has 7 nitrogen and oxygen atoms in total. The van der Waals surface area contributed by atoms with Gasteiger partial charge in [-0.3, -0.25) is 14.6 Å². The molecule has 2 aliphatic rings. The number of carbonyl (C=O) groups is 2. The number of halogens is 1. The lowest BCUT2D eigenvalue weighted by atomic mass is 10.1. The van der Waals surface area contributed by atoms with E-state index in [-0.39, 0.29) is 18.4 Å². The molecule has 3 heterocycles. The van der Waals surface area contributed by atoms with E-state index < -0.39 is 12.2 Å². The van der Waals surface area contributed by atoms with Crippen LogP contribution < -0.4 is 10.2 Å². The summed E-state index contributed by atoms with van der Waals surface area (Å²) in [6.45, 7) is 0.809. The Morgan fingerprint density at radius 2 is 2.24 bits per heavy atom. The standard InChI is InChI=1S/C20H20FN5O2S/c21-13-4-6-25(10-13)14-1-2-18-17(7-14)16(3-5-23-18)20(28)24-9-19(27)26-12-29-11-15(26)8-22/h1-3,5,7,13,15H,4,6,9-12H2,(H,24,28)/t13-,15-/m1/s1. The number of amides is 2. The molecule has 150 valence electrons. The van der Waals surface area contributed by atoms with Crippen LogP contribution in [0.4, 0.5) is 10.1 Å². The number of nitrogens with zero attached hydrogens (tertiary/aromatic N) is 4. The Morgan fingerprint density at radius 3 is 3.00 bits per heavy atom. The van der Waals surface area contributed by atoms with Gasteiger partial charge in [0.05, 0.1) is 29.6 Å². The molecule has 2 amide bonds. The Balaban J connectivity index is 1.51. The molecule has 0 spiro atoms. The predicted octanol–water partition coefficient (Wildman–Crippen LogP) is 1.94. The van der Waals surface area contributed by atoms with E-state index in [0.717, 1.165) is 5.69 Å². The molecule has 9 heteroatoms. The molecule has 0 radical (unpaired) electrons. The first kappa shape index (κ1) is 19.5. The van der Waals surface area contributed by atoms with E-state index in [1.54, 1.807) is 12.3 Å². The van der Waals surface area contributed by atoms with Crippen LogP contribution in [0.1, 0.15) is 16.8 Å². The van der Waals surface area contributed by atoms with Crippen LogP contribution in [-0.2, 0) is 4.79 Å². The molecule has 2 saturated heterocycles. The molecule has 2 aliphatic heterocycles. The van der Waals surface area contributed by atoms with E-state index in [4.69, 9.17) is 5.26 Å². The number of hydrogen-bond donors (Lipinski definition) is 1. The number of hydrogen-bond acceptors (Lipinski definition) is 6. The number of carbonyl (C=O) groups excluding carboxylic acids is 2. The molecule has 29 heavy (non-hydrogen) atoms. The van der Waals surface area contributed by atoms with Crippen LogP contribution in [0.5, 0.6) is 0 Å². The van der Waals surface area contributed by atoms with Crippen LogP contribution in [0.3, 0.4) is 0 Å². The largest absolute Gasteiger partial charge is 0.368 e. The van der Waals surface area contributed by atoms with Crippen molar-refractivity contribution in [1.29, 1.82) is 5.26 Å². The molecule has 2 fully saturated rings. The lowest BCUT2D eigenvalue weighted by molar-refractivity contribution is -0.129. The van der Waals surface area contributed by atoms with Crippen molar-refractivity contribution in [2.75, 3.05) is 36.2 Å². The van der Waals surface area contributed by atoms with Gasteiger partial charge in [-0.25, -0.2) is 4.39 Å². The number of anilines is 1. The molecule has 4 rings (SSSR count). The van der Waals surface area contributed by atoms with Crippen LogP contribution in [0.25, 0.3) is 10.9 Å². The molecular weight excluding hydrogens is 393 g/mol. The average molecular weight is 413 g/mol. The second-order valence-corrected chi connectivity index (χ2v) is 8.08. The van der Waals surface area contributed by atoms with Crippen LogP contribution in [0.2, 0.25) is 0 Å². The summed E-state index contributed by atoms with van der Waals surface area (Å²) < 4.78 is 13.6. The minimum absolute atomic E-state index is 0.170. The lowest BCUT2D eigenvalue weighted by Gasteiger charge is -2.19. The number of nitrogens with one attached hydrogen (secondary N) is 1. The van der Waals surface area contributed by atoms with Gasteiger partial charge in [-0.05, 0) is 30.7 Å². The maximum Gasteiger partial charge on any atom is 0.252 e. The number of fused-ring (bicyclic) bond motifs is 1. The summed E-state index contributed by atoms with van der Waals surface area (Å²) in [5.41, 5.74) is 1.92. The smallest absolute Gasteiger partial charge is 0.252 e. The normalized spacial score (nSPS) is 21.4. The molecule has 1 N–H and O–H groups in total. The summed E-state index contributed by atoms with van der Waals surface area (Å²) >= 11 is 1.52. The van der Waals surface area contributed by atoms with E-state index in [1.165, 1.54) is 16.7 Å². The van der Waals surface area contributed by atoms with Gasteiger partial charge in [-0.1, -0.05) is 0 Å². The van der Waals surface area contributed by atoms with Crippen molar-refractivity contribution < 1.29 is 14.0 Å². The number of aromatic nitrogens is 1. The highest BCUT2D eigenvalue weighted by molar-refractivity contribution is 7.99. The van der Waals surface area contributed by atoms with Crippen LogP contribution >= 0.6 is 11.8 Å². The highest BCUT2D eigenvalue weighted by Gasteiger charge is 2.29. The summed E-state index contributed by atoms with van der Waals surface area (Å²) in [5, 5.41) is 12.4. The summed E-state index contributed by atoms with van der Waals surface area (Å²) in [6, 6.07) is 8.81. The van der Waals surface area contributed by atoms with Gasteiger partial charge in [0.15, 0.2) is 0 Å². The van der Waals surface area contributed by atoms with Gasteiger partial charge in [-0.2, -0.15) is 5.26 Å². The second kappa shape index (κ2) is 8.25. The van der Waals surface area contributed by atoms with Gasteiger partial charge >= 0.3 is 0 Å². The van der Waals surface area contributed by atoms with Crippen molar-refractivity contribution in [2.24, 2.45) is 0 Å². The summed E-state index contributed by atoms with van der Waals surface area (Å²) in [7, 11) is 0. The number of benzene rings is 1. The third-order valence-corrected chi connectivity index (χ3v) is 6.23. The molecule has 2 atom stereocenters. The number of rotatable bonds is 4. The van der Waals surface area contributed by atoms with Crippen LogP contribution in [0, 0.1) is 11.3 Å². The quantitative estimate of drug-likeness (QED) is 0.824. The average Bonchev–Trinajstić information content (AvgIpc) is 3.39. The number of thioether (sulfide) groups is 1. The maximum atomic E-state index is 13.6. The summed E-state index contributed by atoms with van der Waals surface area (Å²) in [5.74, 6) is 0.386. The van der Waals surface area contributed by atoms with E-state index >= 15 is 0 Å². The number of pyridine rings is 1. The van der Waals surface area contributed by atoms with Gasteiger partial charge in [0.1, 0.15) is 12.2 Å². The first-order valence-electron chi connectivity index (χ1n) is 9.39. The van der Waals surface area contributed by atoms with Crippen molar-refractivity contribution in [1.82, 2.24) is 15.2 Å². The molecule has 1 aromatic heterocycles. The summed E-state index contributed by atoms with van der Waals surface area (Å²) in [4.78, 5) is 32.9. The van der Waals surface area contributed by atoms with Gasteiger partial charge in [-0.15, -0.1) is 11.8 Å². The zero-order valence-electron chi connectivity index (χ0n) is 15.7. The fraction of sp³-hybridized carbons (Fsp3) is 0.400. The predicted molar refractivity (Wildman–Crippen MR) is 109 cm³/mol. The minimum atomic E-state index is -0.839. The van der Waals surface area contributed by atoms with E-state index in [9.17, 15) is 14.0 Å². The van der Waals surface area contributed by atoms with Gasteiger partial charge in [0.2, 0.25) is 5.91 Å². The Kier molecular flexibility index (Phi) is 5.53. The van der Waals surface area contributed by atoms with E-state index in [2.05, 4.69) is 16.4 Å². The first-order chi connectivity index (χ1) is 14.1. The topological polar surface area (TPSA) is 89.3 Å². The Labute approximate surface area is 171 Å². The SMILES string of the molecule is N#C[C@@H]1CSCN1C(=O)CNC(=O)c1ccnc2ccc(N3CC[C@@H](F)C3)cc12. The molecule has 1 aromatic carbocycles. The second-order valence-electron chi connectivity index (χ2n) is 7.08. The third-order valence-electron chi connectivity index (χ3n) is 5.22. The zero-order valence-corrected chi connectivity index (χ0v) is 16.5. The van der Waals surface area contributed by atoms with Crippen LogP contribution in [0.15, 0.2) is 30.5 Å². The molecular formula is C20H20FN5O2S. The van der Waals surface area contributed by atoms with Gasteiger partial charge in [0, 0.05) is 36.1 Å². The first-order valence-corrected chi connectivity index (χ1v) is 10.5. The maximum absolute atomic E-state index is 13.6. The third kappa shape index (κ3) is 3.98. The number of nitriles is 1. The van der Waals surface area contributed by atoms with E-state index in [1.807, 2.05) is 23.1 Å². The van der Waals surface area contributed by atoms with Crippen molar-refractivity contribution in [3.63, 3.8) is 0 Å². The zero-order chi connectivity index (χ0) is 20.4. The highest BCUT2D eigenvalue weighted by Crippen LogP contribution is 2.27. The molecule has 0 unspecified atom stereocenters. The van der Waals surface area contributed by atoms with Crippen molar-refractivity contribution >= 4 is 40.2 Å². The fourth-order valence-corrected chi connectivity index (χ4v) is 4.73. The Hall–Kier alpha value is -2.86. The fourth-order valence-electron chi connectivity index (χ4n) is 3.63. The summed E-state index contributed by atoms with van der Waals surface area (Å²) in [6.07, 6.45) is 1.21. The Bertz CT molecular complexity index is 994. The molecule has 0 aliphatic carbocycles. The lowest BCUT2D eigenvalue weighted by Crippen LogP contribution is -2.42.